The number of piperazine rings is 1. The minimum absolute atomic E-state index is 0.196. The van der Waals surface area contributed by atoms with Gasteiger partial charge in [0.15, 0.2) is 5.82 Å². The monoisotopic (exact) mass is 529 g/mol. The zero-order chi connectivity index (χ0) is 27.4. The van der Waals surface area contributed by atoms with Crippen molar-refractivity contribution in [2.24, 2.45) is 0 Å². The van der Waals surface area contributed by atoms with Gasteiger partial charge >= 0.3 is 0 Å². The first-order valence-electron chi connectivity index (χ1n) is 13.7. The van der Waals surface area contributed by atoms with Crippen LogP contribution in [-0.4, -0.2) is 80.0 Å². The number of nitrogens with zero attached hydrogens (tertiary/aromatic N) is 8. The summed E-state index contributed by atoms with van der Waals surface area (Å²) in [5.41, 5.74) is 3.39. The Morgan fingerprint density at radius 3 is 2.38 bits per heavy atom. The lowest BCUT2D eigenvalue weighted by Crippen LogP contribution is -2.48. The first-order chi connectivity index (χ1) is 18.9. The van der Waals surface area contributed by atoms with Gasteiger partial charge in [-0.15, -0.1) is 0 Å². The summed E-state index contributed by atoms with van der Waals surface area (Å²) >= 11 is 0. The minimum Gasteiger partial charge on any atom is -0.356 e. The Morgan fingerprint density at radius 1 is 0.897 bits per heavy atom. The Kier molecular flexibility index (Phi) is 8.23. The van der Waals surface area contributed by atoms with E-state index >= 15 is 0 Å². The van der Waals surface area contributed by atoms with Crippen LogP contribution in [0.2, 0.25) is 0 Å². The van der Waals surface area contributed by atoms with Crippen LogP contribution >= 0.6 is 0 Å². The van der Waals surface area contributed by atoms with Crippen LogP contribution in [-0.2, 0) is 6.54 Å². The van der Waals surface area contributed by atoms with Crippen LogP contribution in [0.3, 0.4) is 0 Å². The van der Waals surface area contributed by atoms with Crippen molar-refractivity contribution in [1.29, 1.82) is 0 Å². The number of aromatic nitrogens is 5. The maximum atomic E-state index is 14.8. The number of pyridine rings is 1. The SMILES string of the molecule is CCN(CC)c1cnc2ccc(-c3nc(Nc4ccc(CN5CCN(C(C)C)CC5)cn4)ncc3F)cc2n1. The number of rotatable bonds is 9. The average molecular weight is 530 g/mol. The molecule has 0 saturated carbocycles. The van der Waals surface area contributed by atoms with Gasteiger partial charge in [-0.05, 0) is 51.5 Å². The molecule has 39 heavy (non-hydrogen) atoms. The number of hydrogen-bond donors (Lipinski definition) is 1. The number of nitrogens with one attached hydrogen (secondary N) is 1. The van der Waals surface area contributed by atoms with Crippen molar-refractivity contribution < 1.29 is 4.39 Å². The van der Waals surface area contributed by atoms with Gasteiger partial charge in [-0.2, -0.15) is 0 Å². The van der Waals surface area contributed by atoms with Gasteiger partial charge in [0.1, 0.15) is 17.3 Å². The molecular weight excluding hydrogens is 493 g/mol. The molecule has 4 heterocycles. The molecule has 4 aromatic rings. The number of anilines is 3. The average Bonchev–Trinajstić information content (AvgIpc) is 2.95. The van der Waals surface area contributed by atoms with Crippen molar-refractivity contribution >= 4 is 28.6 Å². The highest BCUT2D eigenvalue weighted by molar-refractivity contribution is 5.81. The standard InChI is InChI=1S/C29H36FN9/c1-5-38(6-2)27-18-31-24-9-8-22(15-25(24)34-27)28-23(30)17-33-29(36-28)35-26-10-7-21(16-32-26)19-37-11-13-39(14-12-37)20(3)4/h7-10,15-18,20H,5-6,11-14,19H2,1-4H3,(H,32,33,35,36). The highest BCUT2D eigenvalue weighted by atomic mass is 19.1. The van der Waals surface area contributed by atoms with E-state index in [9.17, 15) is 4.39 Å². The lowest BCUT2D eigenvalue weighted by Gasteiger charge is -2.36. The zero-order valence-electron chi connectivity index (χ0n) is 23.1. The molecule has 204 valence electrons. The van der Waals surface area contributed by atoms with Crippen LogP contribution in [0.1, 0.15) is 33.3 Å². The fraction of sp³-hybridized carbons (Fsp3) is 0.414. The molecule has 5 rings (SSSR count). The maximum Gasteiger partial charge on any atom is 0.229 e. The molecule has 0 radical (unpaired) electrons. The van der Waals surface area contributed by atoms with E-state index in [4.69, 9.17) is 4.98 Å². The maximum absolute atomic E-state index is 14.8. The first kappa shape index (κ1) is 26.8. The molecular formula is C29H36FN9. The summed E-state index contributed by atoms with van der Waals surface area (Å²) in [6.07, 6.45) is 4.82. The largest absolute Gasteiger partial charge is 0.356 e. The van der Waals surface area contributed by atoms with E-state index in [0.717, 1.165) is 62.7 Å². The Bertz CT molecular complexity index is 1400. The van der Waals surface area contributed by atoms with Gasteiger partial charge < -0.3 is 10.2 Å². The molecule has 1 saturated heterocycles. The van der Waals surface area contributed by atoms with Crippen LogP contribution in [0.4, 0.5) is 22.0 Å². The minimum atomic E-state index is -0.506. The molecule has 0 atom stereocenters. The lowest BCUT2D eigenvalue weighted by atomic mass is 10.1. The second-order valence-electron chi connectivity index (χ2n) is 10.1. The first-order valence-corrected chi connectivity index (χ1v) is 13.7. The zero-order valence-corrected chi connectivity index (χ0v) is 23.1. The van der Waals surface area contributed by atoms with Gasteiger partial charge in [0.25, 0.3) is 0 Å². The van der Waals surface area contributed by atoms with Gasteiger partial charge in [0, 0.05) is 63.6 Å². The molecule has 1 aliphatic heterocycles. The van der Waals surface area contributed by atoms with E-state index in [1.807, 2.05) is 24.4 Å². The molecule has 10 heteroatoms. The predicted molar refractivity (Wildman–Crippen MR) is 154 cm³/mol. The third kappa shape index (κ3) is 6.29. The predicted octanol–water partition coefficient (Wildman–Crippen LogP) is 4.74. The molecule has 0 unspecified atom stereocenters. The van der Waals surface area contributed by atoms with E-state index in [0.29, 0.717) is 22.9 Å². The molecule has 0 spiro atoms. The van der Waals surface area contributed by atoms with Crippen molar-refractivity contribution in [3.05, 3.63) is 60.3 Å². The molecule has 9 nitrogen and oxygen atoms in total. The summed E-state index contributed by atoms with van der Waals surface area (Å²) in [6, 6.07) is 10.0. The Balaban J connectivity index is 1.29. The molecule has 3 aromatic heterocycles. The van der Waals surface area contributed by atoms with E-state index in [-0.39, 0.29) is 11.6 Å². The summed E-state index contributed by atoms with van der Waals surface area (Å²) in [4.78, 5) is 29.5. The van der Waals surface area contributed by atoms with Crippen molar-refractivity contribution in [2.75, 3.05) is 49.5 Å². The fourth-order valence-corrected chi connectivity index (χ4v) is 4.88. The van der Waals surface area contributed by atoms with E-state index in [1.165, 1.54) is 6.20 Å². The second kappa shape index (κ2) is 12.0. The quantitative estimate of drug-likeness (QED) is 0.330. The molecule has 1 aromatic carbocycles. The Labute approximate surface area is 229 Å². The molecule has 0 amide bonds. The topological polar surface area (TPSA) is 86.2 Å². The number of fused-ring (bicyclic) bond motifs is 1. The summed E-state index contributed by atoms with van der Waals surface area (Å²) in [7, 11) is 0. The molecule has 1 N–H and O–H groups in total. The van der Waals surface area contributed by atoms with Crippen molar-refractivity contribution in [2.45, 2.75) is 40.3 Å². The van der Waals surface area contributed by atoms with Crippen LogP contribution in [0.5, 0.6) is 0 Å². The van der Waals surface area contributed by atoms with E-state index < -0.39 is 5.82 Å². The smallest absolute Gasteiger partial charge is 0.229 e. The number of halogens is 1. The number of hydrogen-bond acceptors (Lipinski definition) is 9. The molecule has 1 aliphatic rings. The van der Waals surface area contributed by atoms with Crippen LogP contribution in [0, 0.1) is 5.82 Å². The summed E-state index contributed by atoms with van der Waals surface area (Å²) < 4.78 is 14.8. The van der Waals surface area contributed by atoms with Crippen molar-refractivity contribution in [1.82, 2.24) is 34.7 Å². The molecule has 1 fully saturated rings. The highest BCUT2D eigenvalue weighted by Gasteiger charge is 2.19. The summed E-state index contributed by atoms with van der Waals surface area (Å²) in [5, 5.41) is 3.11. The Hall–Kier alpha value is -3.76. The second-order valence-corrected chi connectivity index (χ2v) is 10.1. The van der Waals surface area contributed by atoms with Gasteiger partial charge in [0.2, 0.25) is 5.95 Å². The normalized spacial score (nSPS) is 14.7. The van der Waals surface area contributed by atoms with Crippen LogP contribution < -0.4 is 10.2 Å². The van der Waals surface area contributed by atoms with Crippen LogP contribution in [0.15, 0.2) is 48.9 Å². The molecule has 0 aliphatic carbocycles. The third-order valence-corrected chi connectivity index (χ3v) is 7.24. The van der Waals surface area contributed by atoms with Crippen molar-refractivity contribution in [3.8, 4) is 11.3 Å². The summed E-state index contributed by atoms with van der Waals surface area (Å²) in [5.74, 6) is 1.17. The van der Waals surface area contributed by atoms with Gasteiger partial charge in [-0.3, -0.25) is 14.8 Å². The van der Waals surface area contributed by atoms with E-state index in [2.05, 4.69) is 73.7 Å². The third-order valence-electron chi connectivity index (χ3n) is 7.24. The summed E-state index contributed by atoms with van der Waals surface area (Å²) in [6.45, 7) is 15.5. The van der Waals surface area contributed by atoms with Crippen molar-refractivity contribution in [3.63, 3.8) is 0 Å². The highest BCUT2D eigenvalue weighted by Crippen LogP contribution is 2.26. The van der Waals surface area contributed by atoms with Gasteiger partial charge in [-0.25, -0.2) is 24.3 Å². The van der Waals surface area contributed by atoms with Gasteiger partial charge in [-0.1, -0.05) is 12.1 Å². The number of benzene rings is 1. The van der Waals surface area contributed by atoms with E-state index in [1.54, 1.807) is 12.3 Å². The van der Waals surface area contributed by atoms with Crippen LogP contribution in [0.25, 0.3) is 22.3 Å². The lowest BCUT2D eigenvalue weighted by molar-refractivity contribution is 0.104. The fourth-order valence-electron chi connectivity index (χ4n) is 4.88. The molecule has 0 bridgehead atoms. The van der Waals surface area contributed by atoms with Gasteiger partial charge in [0.05, 0.1) is 23.4 Å². The Morgan fingerprint density at radius 2 is 1.69 bits per heavy atom.